The molecule has 2 atom stereocenters. The van der Waals surface area contributed by atoms with Crippen molar-refractivity contribution in [3.05, 3.63) is 42.1 Å². The zero-order valence-electron chi connectivity index (χ0n) is 14.0. The van der Waals surface area contributed by atoms with Crippen LogP contribution in [0.4, 0.5) is 10.2 Å². The Hall–Kier alpha value is -2.97. The van der Waals surface area contributed by atoms with Crippen LogP contribution in [0.15, 0.2) is 30.7 Å². The highest BCUT2D eigenvalue weighted by molar-refractivity contribution is 5.92. The monoisotopic (exact) mass is 355 g/mol. The number of nitrogens with zero attached hydrogens (tertiary/aromatic N) is 6. The van der Waals surface area contributed by atoms with Crippen LogP contribution in [0.25, 0.3) is 5.78 Å². The third-order valence-corrected chi connectivity index (χ3v) is 4.99. The molecule has 0 saturated carbocycles. The minimum absolute atomic E-state index is 0.0331. The summed E-state index contributed by atoms with van der Waals surface area (Å²) in [6, 6.07) is 3.67. The fourth-order valence-electron chi connectivity index (χ4n) is 3.68. The van der Waals surface area contributed by atoms with Gasteiger partial charge in [0.15, 0.2) is 0 Å². The molecule has 0 bridgehead atoms. The maximum Gasteiger partial charge on any atom is 0.272 e. The Kier molecular flexibility index (Phi) is 3.41. The van der Waals surface area contributed by atoms with Crippen molar-refractivity contribution >= 4 is 17.5 Å². The van der Waals surface area contributed by atoms with E-state index in [1.807, 2.05) is 22.9 Å². The van der Waals surface area contributed by atoms with Crippen LogP contribution in [-0.4, -0.2) is 55.4 Å². The van der Waals surface area contributed by atoms with E-state index >= 15 is 0 Å². The summed E-state index contributed by atoms with van der Waals surface area (Å²) >= 11 is 0. The van der Waals surface area contributed by atoms with E-state index in [1.165, 1.54) is 0 Å². The van der Waals surface area contributed by atoms with Gasteiger partial charge in [-0.05, 0) is 18.6 Å². The van der Waals surface area contributed by atoms with E-state index in [0.29, 0.717) is 24.4 Å². The van der Waals surface area contributed by atoms with Gasteiger partial charge in [-0.3, -0.25) is 13.9 Å². The van der Waals surface area contributed by atoms with Crippen molar-refractivity contribution < 1.29 is 9.18 Å². The quantitative estimate of drug-likeness (QED) is 0.753. The second kappa shape index (κ2) is 5.79. The summed E-state index contributed by atoms with van der Waals surface area (Å²) in [5.41, 5.74) is 1.15. The number of imidazole rings is 1. The summed E-state index contributed by atoms with van der Waals surface area (Å²) in [4.78, 5) is 23.3. The Morgan fingerprint density at radius 1 is 1.31 bits per heavy atom. The molecule has 5 rings (SSSR count). The van der Waals surface area contributed by atoms with E-state index < -0.39 is 6.17 Å². The summed E-state index contributed by atoms with van der Waals surface area (Å²) < 4.78 is 16.8. The Labute approximate surface area is 148 Å². The van der Waals surface area contributed by atoms with Crippen LogP contribution < -0.4 is 10.2 Å². The van der Waals surface area contributed by atoms with Crippen molar-refractivity contribution in [2.24, 2.45) is 0 Å². The SMILES string of the molecule is O=C(NC1CCN(c2ccn3ccnc3n2)C1)c1cc2n(n1)CC(F)C2. The molecule has 2 aliphatic heterocycles. The van der Waals surface area contributed by atoms with E-state index in [4.69, 9.17) is 0 Å². The van der Waals surface area contributed by atoms with Crippen LogP contribution in [0.2, 0.25) is 0 Å². The van der Waals surface area contributed by atoms with E-state index in [1.54, 1.807) is 16.9 Å². The number of carbonyl (C=O) groups is 1. The molecule has 5 heterocycles. The first-order valence-electron chi connectivity index (χ1n) is 8.72. The number of rotatable bonds is 3. The number of hydrogen-bond donors (Lipinski definition) is 1. The lowest BCUT2D eigenvalue weighted by molar-refractivity contribution is 0.0934. The number of carbonyl (C=O) groups excluding carboxylic acids is 1. The molecule has 8 nitrogen and oxygen atoms in total. The topological polar surface area (TPSA) is 80.4 Å². The van der Waals surface area contributed by atoms with Crippen molar-refractivity contribution in [2.45, 2.75) is 31.6 Å². The van der Waals surface area contributed by atoms with E-state index in [2.05, 4.69) is 25.3 Å². The molecule has 0 aliphatic carbocycles. The van der Waals surface area contributed by atoms with Crippen LogP contribution in [0.1, 0.15) is 22.6 Å². The van der Waals surface area contributed by atoms with Crippen molar-refractivity contribution in [1.82, 2.24) is 29.5 Å². The van der Waals surface area contributed by atoms with Gasteiger partial charge in [-0.2, -0.15) is 10.1 Å². The van der Waals surface area contributed by atoms with Gasteiger partial charge in [0.05, 0.1) is 6.54 Å². The average molecular weight is 355 g/mol. The molecule has 0 aromatic carbocycles. The zero-order chi connectivity index (χ0) is 17.7. The van der Waals surface area contributed by atoms with Gasteiger partial charge in [0.1, 0.15) is 17.7 Å². The number of amides is 1. The van der Waals surface area contributed by atoms with Crippen molar-refractivity contribution in [1.29, 1.82) is 0 Å². The summed E-state index contributed by atoms with van der Waals surface area (Å²) in [7, 11) is 0. The number of fused-ring (bicyclic) bond motifs is 2. The highest BCUT2D eigenvalue weighted by Gasteiger charge is 2.28. The number of halogens is 1. The zero-order valence-corrected chi connectivity index (χ0v) is 14.0. The van der Waals surface area contributed by atoms with Gasteiger partial charge >= 0.3 is 0 Å². The summed E-state index contributed by atoms with van der Waals surface area (Å²) in [6.07, 6.45) is 5.78. The van der Waals surface area contributed by atoms with Gasteiger partial charge in [0, 0.05) is 49.8 Å². The smallest absolute Gasteiger partial charge is 0.272 e. The van der Waals surface area contributed by atoms with Gasteiger partial charge < -0.3 is 10.2 Å². The number of hydrogen-bond acceptors (Lipinski definition) is 5. The minimum atomic E-state index is -0.891. The second-order valence-electron chi connectivity index (χ2n) is 6.83. The van der Waals surface area contributed by atoms with Crippen LogP contribution in [-0.2, 0) is 13.0 Å². The fraction of sp³-hybridized carbons (Fsp3) is 0.412. The lowest BCUT2D eigenvalue weighted by Crippen LogP contribution is -2.37. The molecule has 9 heteroatoms. The Morgan fingerprint density at radius 3 is 3.12 bits per heavy atom. The van der Waals surface area contributed by atoms with E-state index in [-0.39, 0.29) is 18.5 Å². The number of nitrogens with one attached hydrogen (secondary N) is 1. The highest BCUT2D eigenvalue weighted by atomic mass is 19.1. The molecule has 3 aromatic heterocycles. The van der Waals surface area contributed by atoms with E-state index in [9.17, 15) is 9.18 Å². The fourth-order valence-corrected chi connectivity index (χ4v) is 3.68. The summed E-state index contributed by atoms with van der Waals surface area (Å²) in [5.74, 6) is 1.31. The van der Waals surface area contributed by atoms with Crippen LogP contribution in [0.3, 0.4) is 0 Å². The molecule has 3 aromatic rings. The third kappa shape index (κ3) is 2.59. The first-order valence-corrected chi connectivity index (χ1v) is 8.72. The molecule has 26 heavy (non-hydrogen) atoms. The molecular formula is C17H18FN7O. The molecule has 0 spiro atoms. The molecular weight excluding hydrogens is 337 g/mol. The molecule has 134 valence electrons. The molecule has 1 fully saturated rings. The molecule has 1 saturated heterocycles. The van der Waals surface area contributed by atoms with Gasteiger partial charge in [-0.25, -0.2) is 9.37 Å². The normalized spacial score (nSPS) is 22.1. The standard InChI is InChI=1S/C17H18FN7O/c18-11-7-13-8-14(22-25(13)9-11)16(26)20-12-1-4-24(10-12)15-2-5-23-6-3-19-17(23)21-15/h2-3,5-6,8,11-12H,1,4,7,9-10H2,(H,20,26). The van der Waals surface area contributed by atoms with Crippen molar-refractivity contribution in [2.75, 3.05) is 18.0 Å². The van der Waals surface area contributed by atoms with Gasteiger partial charge in [-0.15, -0.1) is 0 Å². The average Bonchev–Trinajstić information content (AvgIpc) is 3.36. The van der Waals surface area contributed by atoms with Gasteiger partial charge in [0.2, 0.25) is 5.78 Å². The first-order chi connectivity index (χ1) is 12.7. The van der Waals surface area contributed by atoms with Crippen molar-refractivity contribution in [3.8, 4) is 0 Å². The maximum atomic E-state index is 13.3. The van der Waals surface area contributed by atoms with Crippen LogP contribution in [0, 0.1) is 0 Å². The molecule has 2 aliphatic rings. The van der Waals surface area contributed by atoms with Crippen LogP contribution >= 0.6 is 0 Å². The molecule has 0 radical (unpaired) electrons. The number of alkyl halides is 1. The molecule has 1 N–H and O–H groups in total. The van der Waals surface area contributed by atoms with Gasteiger partial charge in [-0.1, -0.05) is 0 Å². The predicted molar refractivity (Wildman–Crippen MR) is 91.9 cm³/mol. The molecule has 2 unspecified atom stereocenters. The summed E-state index contributed by atoms with van der Waals surface area (Å²) in [6.45, 7) is 1.75. The van der Waals surface area contributed by atoms with Crippen LogP contribution in [0.5, 0.6) is 0 Å². The predicted octanol–water partition coefficient (Wildman–Crippen LogP) is 0.829. The molecule has 1 amide bonds. The Balaban J connectivity index is 1.24. The Bertz CT molecular complexity index is 957. The lowest BCUT2D eigenvalue weighted by Gasteiger charge is -2.17. The Morgan fingerprint density at radius 2 is 2.23 bits per heavy atom. The van der Waals surface area contributed by atoms with E-state index in [0.717, 1.165) is 24.5 Å². The number of aromatic nitrogens is 5. The van der Waals surface area contributed by atoms with Gasteiger partial charge in [0.25, 0.3) is 5.91 Å². The maximum absolute atomic E-state index is 13.3. The second-order valence-corrected chi connectivity index (χ2v) is 6.83. The lowest BCUT2D eigenvalue weighted by atomic mass is 10.2. The largest absolute Gasteiger partial charge is 0.354 e. The summed E-state index contributed by atoms with van der Waals surface area (Å²) in [5, 5.41) is 7.24. The van der Waals surface area contributed by atoms with Crippen molar-refractivity contribution in [3.63, 3.8) is 0 Å². The minimum Gasteiger partial charge on any atom is -0.354 e. The highest BCUT2D eigenvalue weighted by Crippen LogP contribution is 2.20. The number of anilines is 1. The third-order valence-electron chi connectivity index (χ3n) is 4.99. The first kappa shape index (κ1) is 15.3.